The number of hydrogen-bond donors (Lipinski definition) is 2. The van der Waals surface area contributed by atoms with Crippen LogP contribution in [0.1, 0.15) is 4.88 Å². The highest BCUT2D eigenvalue weighted by Crippen LogP contribution is 2.21. The van der Waals surface area contributed by atoms with Gasteiger partial charge in [-0.2, -0.15) is 0 Å². The molecule has 1 aromatic rings. The third kappa shape index (κ3) is 3.74. The molecule has 0 spiro atoms. The zero-order chi connectivity index (χ0) is 13.9. The standard InChI is InChI=1S/C11H19N3O3S2/c1-14-3-4-17-9(8-14)7-13-19(15,16)11-2-5-18-10(11)6-12/h2,5,9,13H,3-4,6-8,12H2,1H3. The summed E-state index contributed by atoms with van der Waals surface area (Å²) in [6, 6.07) is 1.59. The van der Waals surface area contributed by atoms with Crippen molar-refractivity contribution >= 4 is 21.4 Å². The van der Waals surface area contributed by atoms with Gasteiger partial charge in [-0.1, -0.05) is 0 Å². The van der Waals surface area contributed by atoms with Gasteiger partial charge in [0.2, 0.25) is 10.0 Å². The van der Waals surface area contributed by atoms with Crippen LogP contribution in [0.2, 0.25) is 0 Å². The van der Waals surface area contributed by atoms with Crippen LogP contribution in [0.25, 0.3) is 0 Å². The van der Waals surface area contributed by atoms with Crippen molar-refractivity contribution < 1.29 is 13.2 Å². The van der Waals surface area contributed by atoms with Crippen LogP contribution >= 0.6 is 11.3 Å². The van der Waals surface area contributed by atoms with Gasteiger partial charge in [0.15, 0.2) is 0 Å². The van der Waals surface area contributed by atoms with E-state index in [2.05, 4.69) is 9.62 Å². The van der Waals surface area contributed by atoms with Crippen LogP contribution in [0.3, 0.4) is 0 Å². The normalized spacial score (nSPS) is 21.7. The molecule has 1 fully saturated rings. The van der Waals surface area contributed by atoms with Crippen molar-refractivity contribution in [1.29, 1.82) is 0 Å². The van der Waals surface area contributed by atoms with E-state index in [4.69, 9.17) is 10.5 Å². The van der Waals surface area contributed by atoms with E-state index in [0.29, 0.717) is 11.5 Å². The first-order chi connectivity index (χ1) is 9.03. The van der Waals surface area contributed by atoms with Gasteiger partial charge in [-0.15, -0.1) is 11.3 Å². The van der Waals surface area contributed by atoms with E-state index < -0.39 is 10.0 Å². The molecule has 108 valence electrons. The van der Waals surface area contributed by atoms with Crippen molar-refractivity contribution in [2.24, 2.45) is 5.73 Å². The molecule has 3 N–H and O–H groups in total. The Hall–Kier alpha value is -0.510. The second-order valence-corrected chi connectivity index (χ2v) is 7.26. The van der Waals surface area contributed by atoms with Gasteiger partial charge in [-0.3, -0.25) is 0 Å². The molecule has 19 heavy (non-hydrogen) atoms. The van der Waals surface area contributed by atoms with E-state index in [1.54, 1.807) is 11.4 Å². The van der Waals surface area contributed by atoms with Crippen LogP contribution in [0.15, 0.2) is 16.3 Å². The lowest BCUT2D eigenvalue weighted by Gasteiger charge is -2.30. The van der Waals surface area contributed by atoms with E-state index in [0.717, 1.165) is 13.1 Å². The van der Waals surface area contributed by atoms with Crippen molar-refractivity contribution in [3.63, 3.8) is 0 Å². The predicted octanol–water partition coefficient (Wildman–Crippen LogP) is -0.184. The first-order valence-electron chi connectivity index (χ1n) is 6.09. The van der Waals surface area contributed by atoms with Crippen LogP contribution in [-0.2, 0) is 21.3 Å². The fraction of sp³-hybridized carbons (Fsp3) is 0.636. The Morgan fingerprint density at radius 3 is 3.11 bits per heavy atom. The van der Waals surface area contributed by atoms with Crippen molar-refractivity contribution in [2.45, 2.75) is 17.5 Å². The fourth-order valence-corrected chi connectivity index (χ4v) is 4.39. The first-order valence-corrected chi connectivity index (χ1v) is 8.45. The summed E-state index contributed by atoms with van der Waals surface area (Å²) in [6.07, 6.45) is -0.103. The molecule has 2 rings (SSSR count). The number of likely N-dealkylation sites (N-methyl/N-ethyl adjacent to an activating group) is 1. The van der Waals surface area contributed by atoms with Crippen LogP contribution in [-0.4, -0.2) is 52.7 Å². The Balaban J connectivity index is 1.98. The lowest BCUT2D eigenvalue weighted by Crippen LogP contribution is -2.45. The minimum Gasteiger partial charge on any atom is -0.374 e. The van der Waals surface area contributed by atoms with Crippen molar-refractivity contribution in [2.75, 3.05) is 33.3 Å². The van der Waals surface area contributed by atoms with Gasteiger partial charge >= 0.3 is 0 Å². The monoisotopic (exact) mass is 305 g/mol. The number of sulfonamides is 1. The van der Waals surface area contributed by atoms with E-state index >= 15 is 0 Å². The minimum atomic E-state index is -3.49. The van der Waals surface area contributed by atoms with Crippen molar-refractivity contribution in [3.8, 4) is 0 Å². The SMILES string of the molecule is CN1CCOC(CNS(=O)(=O)c2ccsc2CN)C1. The molecule has 1 aliphatic heterocycles. The summed E-state index contributed by atoms with van der Waals surface area (Å²) in [6.45, 7) is 2.76. The Labute approximate surface area is 117 Å². The molecule has 2 heterocycles. The Bertz CT molecular complexity index is 515. The molecule has 0 amide bonds. The number of rotatable bonds is 5. The summed E-state index contributed by atoms with van der Waals surface area (Å²) in [7, 11) is -1.50. The van der Waals surface area contributed by atoms with Gasteiger partial charge < -0.3 is 15.4 Å². The summed E-state index contributed by atoms with van der Waals surface area (Å²) in [4.78, 5) is 3.08. The maximum Gasteiger partial charge on any atom is 0.241 e. The smallest absolute Gasteiger partial charge is 0.241 e. The molecular formula is C11H19N3O3S2. The summed E-state index contributed by atoms with van der Waals surface area (Å²) >= 11 is 1.35. The zero-order valence-electron chi connectivity index (χ0n) is 10.8. The third-order valence-electron chi connectivity index (χ3n) is 3.02. The van der Waals surface area contributed by atoms with Crippen LogP contribution in [0.5, 0.6) is 0 Å². The zero-order valence-corrected chi connectivity index (χ0v) is 12.5. The molecule has 0 bridgehead atoms. The Morgan fingerprint density at radius 1 is 1.63 bits per heavy atom. The lowest BCUT2D eigenvalue weighted by atomic mass is 10.3. The molecule has 0 aliphatic carbocycles. The predicted molar refractivity (Wildman–Crippen MR) is 74.6 cm³/mol. The number of nitrogens with zero attached hydrogens (tertiary/aromatic N) is 1. The summed E-state index contributed by atoms with van der Waals surface area (Å²) in [5.74, 6) is 0. The van der Waals surface area contributed by atoms with Gasteiger partial charge in [0.05, 0.1) is 17.6 Å². The van der Waals surface area contributed by atoms with Gasteiger partial charge in [-0.25, -0.2) is 13.1 Å². The number of hydrogen-bond acceptors (Lipinski definition) is 6. The van der Waals surface area contributed by atoms with E-state index in [9.17, 15) is 8.42 Å². The number of thiophene rings is 1. The molecular weight excluding hydrogens is 286 g/mol. The largest absolute Gasteiger partial charge is 0.374 e. The minimum absolute atomic E-state index is 0.103. The van der Waals surface area contributed by atoms with Gasteiger partial charge in [0, 0.05) is 31.1 Å². The summed E-state index contributed by atoms with van der Waals surface area (Å²) < 4.78 is 32.5. The highest BCUT2D eigenvalue weighted by atomic mass is 32.2. The van der Waals surface area contributed by atoms with Gasteiger partial charge in [-0.05, 0) is 18.5 Å². The Kier molecular flexibility index (Phi) is 4.93. The summed E-state index contributed by atoms with van der Waals surface area (Å²) in [5, 5.41) is 1.74. The molecule has 8 heteroatoms. The average molecular weight is 305 g/mol. The summed E-state index contributed by atoms with van der Waals surface area (Å²) in [5.41, 5.74) is 5.54. The van der Waals surface area contributed by atoms with Gasteiger partial charge in [0.25, 0.3) is 0 Å². The highest BCUT2D eigenvalue weighted by molar-refractivity contribution is 7.89. The van der Waals surface area contributed by atoms with Crippen LogP contribution in [0, 0.1) is 0 Å². The molecule has 1 aliphatic rings. The average Bonchev–Trinajstić information content (AvgIpc) is 2.86. The van der Waals surface area contributed by atoms with Crippen molar-refractivity contribution in [1.82, 2.24) is 9.62 Å². The number of nitrogens with two attached hydrogens (primary N) is 1. The molecule has 0 radical (unpaired) electrons. The number of ether oxygens (including phenoxy) is 1. The molecule has 0 saturated carbocycles. The van der Waals surface area contributed by atoms with E-state index in [1.165, 1.54) is 11.3 Å². The third-order valence-corrected chi connectivity index (χ3v) is 5.60. The maximum atomic E-state index is 12.2. The van der Waals surface area contributed by atoms with E-state index in [-0.39, 0.29) is 24.1 Å². The molecule has 1 unspecified atom stereocenters. The van der Waals surface area contributed by atoms with Crippen LogP contribution in [0.4, 0.5) is 0 Å². The van der Waals surface area contributed by atoms with Gasteiger partial charge in [0.1, 0.15) is 0 Å². The second-order valence-electron chi connectivity index (χ2n) is 4.52. The van der Waals surface area contributed by atoms with Crippen molar-refractivity contribution in [3.05, 3.63) is 16.3 Å². The van der Waals surface area contributed by atoms with Crippen LogP contribution < -0.4 is 10.5 Å². The lowest BCUT2D eigenvalue weighted by molar-refractivity contribution is -0.0156. The maximum absolute atomic E-state index is 12.2. The molecule has 1 aromatic heterocycles. The highest BCUT2D eigenvalue weighted by Gasteiger charge is 2.23. The Morgan fingerprint density at radius 2 is 2.42 bits per heavy atom. The number of morpholine rings is 1. The molecule has 0 aromatic carbocycles. The molecule has 1 atom stereocenters. The quantitative estimate of drug-likeness (QED) is 0.788. The number of nitrogens with one attached hydrogen (secondary N) is 1. The fourth-order valence-electron chi connectivity index (χ4n) is 1.99. The van der Waals surface area contributed by atoms with E-state index in [1.807, 2.05) is 7.05 Å². The second kappa shape index (κ2) is 6.29. The molecule has 1 saturated heterocycles. The molecule has 6 nitrogen and oxygen atoms in total. The topological polar surface area (TPSA) is 84.7 Å². The first kappa shape index (κ1) is 14.9.